The van der Waals surface area contributed by atoms with Crippen molar-refractivity contribution >= 4 is 152 Å². The van der Waals surface area contributed by atoms with E-state index in [2.05, 4.69) is 394 Å². The summed E-state index contributed by atoms with van der Waals surface area (Å²) in [5.41, 5.74) is 23.2. The number of hydrogen-bond acceptors (Lipinski definition) is 0. The number of para-hydroxylation sites is 6. The van der Waals surface area contributed by atoms with E-state index in [1.165, 1.54) is 169 Å². The van der Waals surface area contributed by atoms with E-state index in [4.69, 9.17) is 0 Å². The van der Waals surface area contributed by atoms with Crippen LogP contribution >= 0.6 is 0 Å². The summed E-state index contributed by atoms with van der Waals surface area (Å²) in [6, 6.07) is 141. The van der Waals surface area contributed by atoms with Gasteiger partial charge in [-0.2, -0.15) is 0 Å². The fourth-order valence-electron chi connectivity index (χ4n) is 18.6. The van der Waals surface area contributed by atoms with E-state index < -0.39 is 0 Å². The zero-order valence-corrected chi connectivity index (χ0v) is 57.6. The Hall–Kier alpha value is -14.1. The van der Waals surface area contributed by atoms with E-state index in [0.717, 1.165) is 50.2 Å². The minimum absolute atomic E-state index is 1.10. The molecule has 4 aromatic heterocycles. The third-order valence-corrected chi connectivity index (χ3v) is 23.1. The molecule has 4 heteroatoms. The average Bonchev–Trinajstić information content (AvgIpc) is 1.29. The molecular weight excluding hydrogens is 1280 g/mol. The average molecular weight is 1340 g/mol. The highest BCUT2D eigenvalue weighted by Crippen LogP contribution is 2.49. The molecule has 0 aliphatic rings. The Morgan fingerprint density at radius 2 is 0.500 bits per heavy atom. The van der Waals surface area contributed by atoms with E-state index in [-0.39, 0.29) is 0 Å². The van der Waals surface area contributed by atoms with Crippen molar-refractivity contribution in [2.24, 2.45) is 0 Å². The first-order valence-electron chi connectivity index (χ1n) is 36.7. The van der Waals surface area contributed by atoms with Crippen molar-refractivity contribution < 1.29 is 0 Å². The van der Waals surface area contributed by atoms with Gasteiger partial charge in [0.05, 0.1) is 55.5 Å². The van der Waals surface area contributed by atoms with Crippen LogP contribution < -0.4 is 0 Å². The maximum atomic E-state index is 2.51. The van der Waals surface area contributed by atoms with E-state index in [9.17, 15) is 0 Å². The molecule has 23 aromatic rings. The second-order valence-corrected chi connectivity index (χ2v) is 28.5. The third kappa shape index (κ3) is 8.46. The van der Waals surface area contributed by atoms with E-state index in [1.807, 2.05) is 0 Å². The molecule has 0 atom stereocenters. The lowest BCUT2D eigenvalue weighted by Crippen LogP contribution is -1.97. The predicted molar refractivity (Wildman–Crippen MR) is 451 cm³/mol. The van der Waals surface area contributed by atoms with Gasteiger partial charge in [0.1, 0.15) is 0 Å². The number of benzene rings is 19. The van der Waals surface area contributed by atoms with Crippen molar-refractivity contribution in [3.8, 4) is 67.3 Å². The Kier molecular flexibility index (Phi) is 12.6. The predicted octanol–water partition coefficient (Wildman–Crippen LogP) is 27.7. The standard InChI is InChI=1S/C102H62N4/c1-2-28-69(29-3-1)103-93-50-19-15-42-86(93)101-87(61-68(62-98(101)103)65-53-55-94-88(59-65)79-38-13-17-48-91(79)105(94)96-51-23-44-83-76-33-6-4-31-72(76)74-35-8-10-40-81(74)99(83)96)66-27-20-25-63(57-66)64-26-21-30-70(58-64)104-90-47-16-12-37-78(90)85-46-22-43-71(102(85)104)67-54-56-95-89(60-67)80-39-14-18-49-92(80)106(95)97-52-24-45-84-77-34-7-5-32-73(77)75-36-9-11-41-82(75)100(84)97/h1-62H. The summed E-state index contributed by atoms with van der Waals surface area (Å²) in [6.07, 6.45) is 0. The maximum absolute atomic E-state index is 2.51. The number of rotatable bonds is 8. The smallest absolute Gasteiger partial charge is 0.0619 e. The molecule has 0 amide bonds. The van der Waals surface area contributed by atoms with Crippen LogP contribution in [0.2, 0.25) is 0 Å². The molecule has 4 nitrogen and oxygen atoms in total. The van der Waals surface area contributed by atoms with Crippen LogP contribution in [0.5, 0.6) is 0 Å². The number of aromatic nitrogens is 4. The van der Waals surface area contributed by atoms with Crippen molar-refractivity contribution in [1.29, 1.82) is 0 Å². The van der Waals surface area contributed by atoms with E-state index in [1.54, 1.807) is 0 Å². The van der Waals surface area contributed by atoms with Crippen LogP contribution in [0.25, 0.3) is 219 Å². The number of nitrogens with zero attached hydrogens (tertiary/aromatic N) is 4. The molecule has 0 bridgehead atoms. The van der Waals surface area contributed by atoms with Crippen LogP contribution in [0, 0.1) is 0 Å². The highest BCUT2D eigenvalue weighted by molar-refractivity contribution is 6.30. The molecule has 0 radical (unpaired) electrons. The quantitative estimate of drug-likeness (QED) is 0.135. The lowest BCUT2D eigenvalue weighted by molar-refractivity contribution is 1.18. The van der Waals surface area contributed by atoms with Crippen molar-refractivity contribution in [3.63, 3.8) is 0 Å². The molecule has 4 heterocycles. The third-order valence-electron chi connectivity index (χ3n) is 23.1. The van der Waals surface area contributed by atoms with Crippen LogP contribution in [0.1, 0.15) is 0 Å². The molecule has 0 fully saturated rings. The second-order valence-electron chi connectivity index (χ2n) is 28.5. The fourth-order valence-corrected chi connectivity index (χ4v) is 18.6. The van der Waals surface area contributed by atoms with Gasteiger partial charge in [-0.05, 0) is 196 Å². The molecule has 106 heavy (non-hydrogen) atoms. The van der Waals surface area contributed by atoms with Crippen LogP contribution in [-0.2, 0) is 0 Å². The SMILES string of the molecule is c1ccc(-n2c3ccccc3c3c(-c4cccc(-c5cccc(-n6c7ccccc7c7cccc(-c8ccc9c(c8)c8ccccc8n9-c8cccc9c%10ccccc%10c%10ccccc%10c89)c76)c5)c4)cc(-c4ccc5c(c4)c4ccccc4n5-c4cccc5c6ccccc6c6ccccc6c45)cc32)cc1. The number of fused-ring (bicyclic) bond motifs is 24. The summed E-state index contributed by atoms with van der Waals surface area (Å²) in [5, 5.41) is 24.9. The summed E-state index contributed by atoms with van der Waals surface area (Å²) < 4.78 is 10.00. The topological polar surface area (TPSA) is 19.7 Å². The van der Waals surface area contributed by atoms with Gasteiger partial charge in [-0.3, -0.25) is 0 Å². The van der Waals surface area contributed by atoms with Crippen LogP contribution in [-0.4, -0.2) is 18.3 Å². The van der Waals surface area contributed by atoms with Gasteiger partial charge < -0.3 is 18.3 Å². The monoisotopic (exact) mass is 1340 g/mol. The Morgan fingerprint density at radius 3 is 1.07 bits per heavy atom. The lowest BCUT2D eigenvalue weighted by atomic mass is 9.92. The molecular formula is C102H62N4. The molecule has 0 saturated carbocycles. The first-order chi connectivity index (χ1) is 52.6. The lowest BCUT2D eigenvalue weighted by Gasteiger charge is -2.16. The number of hydrogen-bond donors (Lipinski definition) is 0. The zero-order valence-electron chi connectivity index (χ0n) is 57.6. The van der Waals surface area contributed by atoms with Crippen molar-refractivity contribution in [2.75, 3.05) is 0 Å². The Labute approximate surface area is 609 Å². The largest absolute Gasteiger partial charge is 0.309 e. The highest BCUT2D eigenvalue weighted by atomic mass is 15.0. The van der Waals surface area contributed by atoms with Gasteiger partial charge in [0.2, 0.25) is 0 Å². The Morgan fingerprint density at radius 1 is 0.142 bits per heavy atom. The van der Waals surface area contributed by atoms with Gasteiger partial charge in [0.15, 0.2) is 0 Å². The second kappa shape index (κ2) is 22.7. The Balaban J connectivity index is 0.684. The molecule has 19 aromatic carbocycles. The molecule has 0 N–H and O–H groups in total. The van der Waals surface area contributed by atoms with Gasteiger partial charge in [-0.1, -0.05) is 273 Å². The molecule has 0 saturated heterocycles. The fraction of sp³-hybridized carbons (Fsp3) is 0. The molecule has 23 rings (SSSR count). The molecule has 0 aliphatic heterocycles. The summed E-state index contributed by atoms with van der Waals surface area (Å²) in [4.78, 5) is 0. The minimum atomic E-state index is 1.10. The van der Waals surface area contributed by atoms with Gasteiger partial charge in [-0.25, -0.2) is 0 Å². The van der Waals surface area contributed by atoms with Crippen molar-refractivity contribution in [3.05, 3.63) is 376 Å². The van der Waals surface area contributed by atoms with E-state index >= 15 is 0 Å². The first kappa shape index (κ1) is 58.6. The normalized spacial score (nSPS) is 12.2. The van der Waals surface area contributed by atoms with Gasteiger partial charge in [-0.15, -0.1) is 0 Å². The van der Waals surface area contributed by atoms with Gasteiger partial charge >= 0.3 is 0 Å². The zero-order chi connectivity index (χ0) is 69.2. The molecule has 0 spiro atoms. The summed E-state index contributed by atoms with van der Waals surface area (Å²) in [6.45, 7) is 0. The van der Waals surface area contributed by atoms with Crippen LogP contribution in [0.3, 0.4) is 0 Å². The van der Waals surface area contributed by atoms with Crippen molar-refractivity contribution in [1.82, 2.24) is 18.3 Å². The Bertz CT molecular complexity index is 7620. The van der Waals surface area contributed by atoms with Crippen molar-refractivity contribution in [2.45, 2.75) is 0 Å². The molecule has 0 unspecified atom stereocenters. The molecule has 490 valence electrons. The maximum Gasteiger partial charge on any atom is 0.0619 e. The minimum Gasteiger partial charge on any atom is -0.309 e. The van der Waals surface area contributed by atoms with Gasteiger partial charge in [0.25, 0.3) is 0 Å². The van der Waals surface area contributed by atoms with E-state index in [0.29, 0.717) is 0 Å². The summed E-state index contributed by atoms with van der Waals surface area (Å²) >= 11 is 0. The first-order valence-corrected chi connectivity index (χ1v) is 36.7. The summed E-state index contributed by atoms with van der Waals surface area (Å²) in [7, 11) is 0. The highest BCUT2D eigenvalue weighted by Gasteiger charge is 2.25. The van der Waals surface area contributed by atoms with Gasteiger partial charge in [0, 0.05) is 70.8 Å². The summed E-state index contributed by atoms with van der Waals surface area (Å²) in [5.74, 6) is 0. The van der Waals surface area contributed by atoms with Crippen LogP contribution in [0.15, 0.2) is 376 Å². The van der Waals surface area contributed by atoms with Crippen LogP contribution in [0.4, 0.5) is 0 Å². The molecule has 0 aliphatic carbocycles.